The topological polar surface area (TPSA) is 9.23 Å². The van der Waals surface area contributed by atoms with Crippen LogP contribution in [-0.4, -0.2) is 13.3 Å². The summed E-state index contributed by atoms with van der Waals surface area (Å²) in [7, 11) is 0. The first-order valence-electron chi connectivity index (χ1n) is 5.00. The van der Waals surface area contributed by atoms with Crippen molar-refractivity contribution in [1.82, 2.24) is 0 Å². The Morgan fingerprint density at radius 3 is 2.80 bits per heavy atom. The second kappa shape index (κ2) is 5.96. The summed E-state index contributed by atoms with van der Waals surface area (Å²) in [6, 6.07) is 5.28. The van der Waals surface area contributed by atoms with Crippen LogP contribution in [0.25, 0.3) is 0 Å². The van der Waals surface area contributed by atoms with Gasteiger partial charge in [-0.05, 0) is 31.0 Å². The van der Waals surface area contributed by atoms with Crippen LogP contribution >= 0.6 is 11.6 Å². The number of rotatable bonds is 5. The van der Waals surface area contributed by atoms with Crippen molar-refractivity contribution < 1.29 is 9.13 Å². The summed E-state index contributed by atoms with van der Waals surface area (Å²) in [4.78, 5) is 0. The fraction of sp³-hybridized carbons (Fsp3) is 0.417. The van der Waals surface area contributed by atoms with Gasteiger partial charge in [-0.15, -0.1) is 0 Å². The minimum absolute atomic E-state index is 0.359. The molecule has 0 amide bonds. The number of benzene rings is 1. The van der Waals surface area contributed by atoms with E-state index >= 15 is 0 Å². The molecule has 0 aromatic heterocycles. The first-order chi connectivity index (χ1) is 7.19. The SMILES string of the molecule is [CH2]C(CF)c1ccc(OCCC)c(Cl)c1. The monoisotopic (exact) mass is 229 g/mol. The second-order valence-corrected chi connectivity index (χ2v) is 3.80. The van der Waals surface area contributed by atoms with Gasteiger partial charge in [-0.3, -0.25) is 4.39 Å². The summed E-state index contributed by atoms with van der Waals surface area (Å²) in [5.74, 6) is 0.288. The first-order valence-corrected chi connectivity index (χ1v) is 5.38. The average molecular weight is 230 g/mol. The van der Waals surface area contributed by atoms with Gasteiger partial charge in [-0.2, -0.15) is 0 Å². The van der Waals surface area contributed by atoms with E-state index in [1.165, 1.54) is 0 Å². The second-order valence-electron chi connectivity index (χ2n) is 3.39. The molecule has 15 heavy (non-hydrogen) atoms. The first kappa shape index (κ1) is 12.3. The van der Waals surface area contributed by atoms with Gasteiger partial charge in [0.05, 0.1) is 18.3 Å². The van der Waals surface area contributed by atoms with Crippen LogP contribution in [0.15, 0.2) is 18.2 Å². The van der Waals surface area contributed by atoms with Crippen molar-refractivity contribution in [3.05, 3.63) is 35.7 Å². The third-order valence-electron chi connectivity index (χ3n) is 2.08. The fourth-order valence-corrected chi connectivity index (χ4v) is 1.43. The van der Waals surface area contributed by atoms with Crippen LogP contribution in [0, 0.1) is 6.92 Å². The number of hydrogen-bond acceptors (Lipinski definition) is 1. The molecule has 1 unspecified atom stereocenters. The van der Waals surface area contributed by atoms with Gasteiger partial charge < -0.3 is 4.74 Å². The molecule has 3 heteroatoms. The van der Waals surface area contributed by atoms with Gasteiger partial charge in [-0.1, -0.05) is 24.6 Å². The van der Waals surface area contributed by atoms with Crippen molar-refractivity contribution in [3.8, 4) is 5.75 Å². The lowest BCUT2D eigenvalue weighted by molar-refractivity contribution is 0.317. The highest BCUT2D eigenvalue weighted by atomic mass is 35.5. The molecule has 1 radical (unpaired) electrons. The molecule has 0 heterocycles. The van der Waals surface area contributed by atoms with E-state index in [0.717, 1.165) is 12.0 Å². The Morgan fingerprint density at radius 2 is 2.27 bits per heavy atom. The predicted octanol–water partition coefficient (Wildman–Crippen LogP) is 4.02. The highest BCUT2D eigenvalue weighted by molar-refractivity contribution is 6.32. The Hall–Kier alpha value is -0.760. The zero-order valence-electron chi connectivity index (χ0n) is 8.80. The zero-order valence-corrected chi connectivity index (χ0v) is 9.56. The van der Waals surface area contributed by atoms with E-state index in [0.29, 0.717) is 17.4 Å². The lowest BCUT2D eigenvalue weighted by Crippen LogP contribution is -1.99. The van der Waals surface area contributed by atoms with E-state index in [1.54, 1.807) is 18.2 Å². The fourth-order valence-electron chi connectivity index (χ4n) is 1.19. The highest BCUT2D eigenvalue weighted by Crippen LogP contribution is 2.28. The van der Waals surface area contributed by atoms with Gasteiger partial charge in [0.25, 0.3) is 0 Å². The maximum absolute atomic E-state index is 12.4. The molecule has 0 aliphatic carbocycles. The molecule has 0 bridgehead atoms. The Labute approximate surface area is 95.2 Å². The Kier molecular flexibility index (Phi) is 4.89. The van der Waals surface area contributed by atoms with Crippen LogP contribution in [0.4, 0.5) is 4.39 Å². The molecule has 1 nitrogen and oxygen atoms in total. The Morgan fingerprint density at radius 1 is 1.53 bits per heavy atom. The van der Waals surface area contributed by atoms with Crippen LogP contribution in [0.1, 0.15) is 24.8 Å². The van der Waals surface area contributed by atoms with Crippen LogP contribution in [0.2, 0.25) is 5.02 Å². The zero-order chi connectivity index (χ0) is 11.3. The molecule has 83 valence electrons. The van der Waals surface area contributed by atoms with Crippen molar-refractivity contribution >= 4 is 11.6 Å². The predicted molar refractivity (Wildman–Crippen MR) is 61.3 cm³/mol. The molecule has 0 aliphatic heterocycles. The quantitative estimate of drug-likeness (QED) is 0.741. The summed E-state index contributed by atoms with van der Waals surface area (Å²) in [5, 5.41) is 0.517. The largest absolute Gasteiger partial charge is 0.492 e. The van der Waals surface area contributed by atoms with Crippen LogP contribution in [-0.2, 0) is 0 Å². The molecule has 1 aromatic rings. The third kappa shape index (κ3) is 3.38. The molecule has 1 atom stereocenters. The lowest BCUT2D eigenvalue weighted by atomic mass is 10.0. The van der Waals surface area contributed by atoms with E-state index < -0.39 is 6.67 Å². The van der Waals surface area contributed by atoms with Crippen LogP contribution in [0.5, 0.6) is 5.75 Å². The Bertz CT molecular complexity index is 314. The lowest BCUT2D eigenvalue weighted by Gasteiger charge is -2.11. The van der Waals surface area contributed by atoms with Crippen molar-refractivity contribution in [2.45, 2.75) is 19.3 Å². The molecule has 0 N–H and O–H groups in total. The maximum atomic E-state index is 12.4. The van der Waals surface area contributed by atoms with Crippen molar-refractivity contribution in [3.63, 3.8) is 0 Å². The smallest absolute Gasteiger partial charge is 0.137 e. The van der Waals surface area contributed by atoms with Gasteiger partial charge in [-0.25, -0.2) is 0 Å². The molecule has 1 aromatic carbocycles. The summed E-state index contributed by atoms with van der Waals surface area (Å²) >= 11 is 5.99. The number of halogens is 2. The van der Waals surface area contributed by atoms with E-state index in [1.807, 2.05) is 6.92 Å². The van der Waals surface area contributed by atoms with E-state index in [4.69, 9.17) is 16.3 Å². The molecule has 1 rings (SSSR count). The van der Waals surface area contributed by atoms with Gasteiger partial charge in [0, 0.05) is 5.92 Å². The molecule has 0 saturated carbocycles. The van der Waals surface area contributed by atoms with Gasteiger partial charge in [0.15, 0.2) is 0 Å². The molecule has 0 aliphatic rings. The highest BCUT2D eigenvalue weighted by Gasteiger charge is 2.08. The minimum atomic E-state index is -0.481. The summed E-state index contributed by atoms with van der Waals surface area (Å²) in [6.07, 6.45) is 0.931. The van der Waals surface area contributed by atoms with E-state index in [9.17, 15) is 4.39 Å². The van der Waals surface area contributed by atoms with Crippen LogP contribution < -0.4 is 4.74 Å². The number of alkyl halides is 1. The molecule has 0 fully saturated rings. The van der Waals surface area contributed by atoms with Crippen molar-refractivity contribution in [2.24, 2.45) is 0 Å². The summed E-state index contributed by atoms with van der Waals surface area (Å²) in [6.45, 7) is 5.86. The molecular formula is C12H15ClFO. The van der Waals surface area contributed by atoms with Gasteiger partial charge in [0.1, 0.15) is 5.75 Å². The van der Waals surface area contributed by atoms with E-state index in [2.05, 4.69) is 6.92 Å². The standard InChI is InChI=1S/C12H15ClFO/c1-3-6-15-12-5-4-10(7-11(12)13)9(2)8-14/h4-5,7,9H,2-3,6,8H2,1H3. The van der Waals surface area contributed by atoms with Gasteiger partial charge >= 0.3 is 0 Å². The summed E-state index contributed by atoms with van der Waals surface area (Å²) in [5.41, 5.74) is 0.798. The average Bonchev–Trinajstić information content (AvgIpc) is 2.26. The Balaban J connectivity index is 2.78. The van der Waals surface area contributed by atoms with E-state index in [-0.39, 0.29) is 5.92 Å². The molecular weight excluding hydrogens is 215 g/mol. The number of ether oxygens (including phenoxy) is 1. The molecule has 0 spiro atoms. The minimum Gasteiger partial charge on any atom is -0.492 e. The summed E-state index contributed by atoms with van der Waals surface area (Å²) < 4.78 is 17.8. The van der Waals surface area contributed by atoms with Gasteiger partial charge in [0.2, 0.25) is 0 Å². The third-order valence-corrected chi connectivity index (χ3v) is 2.37. The molecule has 0 saturated heterocycles. The maximum Gasteiger partial charge on any atom is 0.137 e. The normalized spacial score (nSPS) is 12.5. The van der Waals surface area contributed by atoms with Crippen molar-refractivity contribution in [2.75, 3.05) is 13.3 Å². The van der Waals surface area contributed by atoms with Crippen molar-refractivity contribution in [1.29, 1.82) is 0 Å². The van der Waals surface area contributed by atoms with Crippen LogP contribution in [0.3, 0.4) is 0 Å². The number of hydrogen-bond donors (Lipinski definition) is 0.